The van der Waals surface area contributed by atoms with E-state index in [0.717, 1.165) is 63.8 Å². The average Bonchev–Trinajstić information content (AvgIpc) is 3.29. The van der Waals surface area contributed by atoms with Crippen molar-refractivity contribution in [2.45, 2.75) is 19.4 Å². The minimum atomic E-state index is 0. The van der Waals surface area contributed by atoms with Crippen molar-refractivity contribution in [3.05, 3.63) is 35.7 Å². The molecule has 0 bridgehead atoms. The topological polar surface area (TPSA) is 63.4 Å². The molecular weight excluding hydrogens is 340 g/mol. The van der Waals surface area contributed by atoms with Gasteiger partial charge in [-0.3, -0.25) is 4.90 Å². The zero-order valence-electron chi connectivity index (χ0n) is 14.3. The van der Waals surface area contributed by atoms with Crippen molar-refractivity contribution in [3.63, 3.8) is 0 Å². The molecule has 2 fully saturated rings. The molecule has 0 spiro atoms. The van der Waals surface area contributed by atoms with Crippen LogP contribution in [0.2, 0.25) is 0 Å². The summed E-state index contributed by atoms with van der Waals surface area (Å²) >= 11 is 0. The second-order valence-electron chi connectivity index (χ2n) is 6.66. The lowest BCUT2D eigenvalue weighted by atomic mass is 10.1. The quantitative estimate of drug-likeness (QED) is 0.877. The highest BCUT2D eigenvalue weighted by Crippen LogP contribution is 2.20. The van der Waals surface area contributed by atoms with Crippen molar-refractivity contribution in [3.8, 4) is 11.4 Å². The van der Waals surface area contributed by atoms with Gasteiger partial charge in [-0.25, -0.2) is 0 Å². The van der Waals surface area contributed by atoms with Gasteiger partial charge in [0.25, 0.3) is 0 Å². The maximum absolute atomic E-state index is 5.42. The van der Waals surface area contributed by atoms with Crippen molar-refractivity contribution >= 4 is 12.4 Å². The molecule has 0 radical (unpaired) electrons. The molecule has 2 aromatic rings. The van der Waals surface area contributed by atoms with Crippen LogP contribution < -0.4 is 5.32 Å². The first-order chi connectivity index (χ1) is 11.9. The van der Waals surface area contributed by atoms with Crippen LogP contribution in [0.4, 0.5) is 0 Å². The zero-order chi connectivity index (χ0) is 16.2. The van der Waals surface area contributed by atoms with Crippen LogP contribution in [0.15, 0.2) is 28.8 Å². The van der Waals surface area contributed by atoms with E-state index in [1.54, 1.807) is 0 Å². The average molecular weight is 365 g/mol. The van der Waals surface area contributed by atoms with Crippen LogP contribution in [0.1, 0.15) is 17.9 Å². The molecule has 4 rings (SSSR count). The van der Waals surface area contributed by atoms with E-state index < -0.39 is 0 Å². The van der Waals surface area contributed by atoms with E-state index in [1.165, 1.54) is 12.0 Å². The van der Waals surface area contributed by atoms with Gasteiger partial charge in [0, 0.05) is 31.6 Å². The number of morpholine rings is 1. The molecule has 1 atom stereocenters. The van der Waals surface area contributed by atoms with Gasteiger partial charge < -0.3 is 14.6 Å². The summed E-state index contributed by atoms with van der Waals surface area (Å²) in [5.74, 6) is 2.05. The molecule has 1 N–H and O–H groups in total. The molecule has 0 amide bonds. The minimum absolute atomic E-state index is 0. The van der Waals surface area contributed by atoms with Crippen LogP contribution in [0.3, 0.4) is 0 Å². The third-order valence-electron chi connectivity index (χ3n) is 4.82. The molecule has 3 heterocycles. The Hall–Kier alpha value is -1.47. The summed E-state index contributed by atoms with van der Waals surface area (Å²) in [7, 11) is 0. The minimum Gasteiger partial charge on any atom is -0.379 e. The first kappa shape index (κ1) is 18.3. The molecule has 2 aliphatic rings. The van der Waals surface area contributed by atoms with Gasteiger partial charge in [0.15, 0.2) is 0 Å². The van der Waals surface area contributed by atoms with Crippen molar-refractivity contribution in [2.24, 2.45) is 5.92 Å². The van der Waals surface area contributed by atoms with Crippen LogP contribution >= 0.6 is 12.4 Å². The third kappa shape index (κ3) is 4.79. The van der Waals surface area contributed by atoms with E-state index >= 15 is 0 Å². The van der Waals surface area contributed by atoms with Gasteiger partial charge in [0.05, 0.1) is 13.2 Å². The predicted molar refractivity (Wildman–Crippen MR) is 97.8 cm³/mol. The first-order valence-electron chi connectivity index (χ1n) is 8.79. The monoisotopic (exact) mass is 364 g/mol. The summed E-state index contributed by atoms with van der Waals surface area (Å²) in [5, 5.41) is 7.51. The summed E-state index contributed by atoms with van der Waals surface area (Å²) in [5.41, 5.74) is 2.32. The Morgan fingerprint density at radius 3 is 2.68 bits per heavy atom. The molecular formula is C18H25ClN4O2. The first-order valence-corrected chi connectivity index (χ1v) is 8.79. The van der Waals surface area contributed by atoms with Crippen LogP contribution in [-0.2, 0) is 17.7 Å². The molecule has 6 nitrogen and oxygen atoms in total. The van der Waals surface area contributed by atoms with Crippen LogP contribution in [0.5, 0.6) is 0 Å². The van der Waals surface area contributed by atoms with Crippen molar-refractivity contribution in [2.75, 3.05) is 39.4 Å². The molecule has 1 aromatic heterocycles. The van der Waals surface area contributed by atoms with E-state index in [4.69, 9.17) is 9.26 Å². The summed E-state index contributed by atoms with van der Waals surface area (Å²) in [6, 6.07) is 8.48. The highest BCUT2D eigenvalue weighted by atomic mass is 35.5. The Bertz CT molecular complexity index is 649. The molecule has 1 unspecified atom stereocenters. The molecule has 7 heteroatoms. The van der Waals surface area contributed by atoms with E-state index in [9.17, 15) is 0 Å². The molecule has 136 valence electrons. The molecule has 25 heavy (non-hydrogen) atoms. The number of aromatic nitrogens is 2. The summed E-state index contributed by atoms with van der Waals surface area (Å²) in [6.45, 7) is 6.79. The van der Waals surface area contributed by atoms with Crippen LogP contribution in [0, 0.1) is 5.92 Å². The highest BCUT2D eigenvalue weighted by Gasteiger charge is 2.19. The molecule has 1 aromatic carbocycles. The van der Waals surface area contributed by atoms with Gasteiger partial charge >= 0.3 is 0 Å². The zero-order valence-corrected chi connectivity index (χ0v) is 15.1. The Kier molecular flexibility index (Phi) is 6.42. The summed E-state index contributed by atoms with van der Waals surface area (Å²) in [4.78, 5) is 6.97. The van der Waals surface area contributed by atoms with Crippen LogP contribution in [0.25, 0.3) is 11.4 Å². The van der Waals surface area contributed by atoms with E-state index in [1.807, 2.05) is 0 Å². The fourth-order valence-electron chi connectivity index (χ4n) is 3.37. The smallest absolute Gasteiger partial charge is 0.227 e. The van der Waals surface area contributed by atoms with Crippen molar-refractivity contribution in [1.82, 2.24) is 20.4 Å². The SMILES string of the molecule is Cl.c1cc(-c2noc(CC3CCNC3)n2)ccc1CN1CCOCC1. The maximum Gasteiger partial charge on any atom is 0.227 e. The number of hydrogen-bond acceptors (Lipinski definition) is 6. The number of nitrogens with one attached hydrogen (secondary N) is 1. The maximum atomic E-state index is 5.42. The van der Waals surface area contributed by atoms with Gasteiger partial charge in [-0.15, -0.1) is 12.4 Å². The van der Waals surface area contributed by atoms with Crippen molar-refractivity contribution in [1.29, 1.82) is 0 Å². The molecule has 2 saturated heterocycles. The number of ether oxygens (including phenoxy) is 1. The largest absolute Gasteiger partial charge is 0.379 e. The fourth-order valence-corrected chi connectivity index (χ4v) is 3.37. The second kappa shape index (κ2) is 8.76. The Morgan fingerprint density at radius 1 is 1.16 bits per heavy atom. The lowest BCUT2D eigenvalue weighted by molar-refractivity contribution is 0.0342. The standard InChI is InChI=1S/C18H24N4O2.ClH/c1-3-16(4-2-14(1)13-22-7-9-23-10-8-22)18-20-17(24-21-18)11-15-5-6-19-12-15;/h1-4,15,19H,5-13H2;1H. The lowest BCUT2D eigenvalue weighted by Gasteiger charge is -2.26. The number of rotatable bonds is 5. The van der Waals surface area contributed by atoms with Gasteiger partial charge in [-0.05, 0) is 31.0 Å². The third-order valence-corrected chi connectivity index (χ3v) is 4.82. The molecule has 2 aliphatic heterocycles. The lowest BCUT2D eigenvalue weighted by Crippen LogP contribution is -2.35. The summed E-state index contributed by atoms with van der Waals surface area (Å²) in [6.07, 6.45) is 2.06. The number of hydrogen-bond donors (Lipinski definition) is 1. The molecule has 0 saturated carbocycles. The van der Waals surface area contributed by atoms with Gasteiger partial charge in [0.2, 0.25) is 11.7 Å². The van der Waals surface area contributed by atoms with E-state index in [-0.39, 0.29) is 12.4 Å². The second-order valence-corrected chi connectivity index (χ2v) is 6.66. The van der Waals surface area contributed by atoms with E-state index in [0.29, 0.717) is 11.7 Å². The highest BCUT2D eigenvalue weighted by molar-refractivity contribution is 5.85. The Labute approximate surface area is 154 Å². The van der Waals surface area contributed by atoms with Gasteiger partial charge in [-0.1, -0.05) is 29.4 Å². The number of benzene rings is 1. The molecule has 0 aliphatic carbocycles. The Balaban J connectivity index is 0.00000182. The Morgan fingerprint density at radius 2 is 1.96 bits per heavy atom. The number of halogens is 1. The van der Waals surface area contributed by atoms with Crippen LogP contribution in [-0.4, -0.2) is 54.4 Å². The van der Waals surface area contributed by atoms with Gasteiger partial charge in [-0.2, -0.15) is 4.98 Å². The fraction of sp³-hybridized carbons (Fsp3) is 0.556. The normalized spacial score (nSPS) is 21.2. The van der Waals surface area contributed by atoms with Crippen molar-refractivity contribution < 1.29 is 9.26 Å². The number of nitrogens with zero attached hydrogens (tertiary/aromatic N) is 3. The summed E-state index contributed by atoms with van der Waals surface area (Å²) < 4.78 is 10.8. The van der Waals surface area contributed by atoms with Gasteiger partial charge in [0.1, 0.15) is 0 Å². The predicted octanol–water partition coefficient (Wildman–Crippen LogP) is 2.14. The van der Waals surface area contributed by atoms with E-state index in [2.05, 4.69) is 44.6 Å².